The highest BCUT2D eigenvalue weighted by atomic mass is 32.1. The molecule has 1 aromatic heterocycles. The lowest BCUT2D eigenvalue weighted by atomic mass is 10.1. The van der Waals surface area contributed by atoms with Crippen LogP contribution in [0.5, 0.6) is 11.5 Å². The number of nitrogens with one attached hydrogen (secondary N) is 1. The van der Waals surface area contributed by atoms with Crippen molar-refractivity contribution >= 4 is 17.2 Å². The summed E-state index contributed by atoms with van der Waals surface area (Å²) in [6.07, 6.45) is 1.99. The molecule has 0 fully saturated rings. The molecular formula is C22H19NO3S. The fourth-order valence-corrected chi connectivity index (χ4v) is 4.65. The van der Waals surface area contributed by atoms with Crippen LogP contribution in [0.2, 0.25) is 0 Å². The molecule has 1 aliphatic heterocycles. The Hall–Kier alpha value is -2.79. The first-order valence-electron chi connectivity index (χ1n) is 9.16. The minimum absolute atomic E-state index is 0.00880. The third kappa shape index (κ3) is 3.08. The Kier molecular flexibility index (Phi) is 4.09. The summed E-state index contributed by atoms with van der Waals surface area (Å²) in [4.78, 5) is 14.5. The van der Waals surface area contributed by atoms with E-state index in [4.69, 9.17) is 9.47 Å². The second-order valence-corrected chi connectivity index (χ2v) is 7.87. The normalized spacial score (nSPS) is 17.4. The lowest BCUT2D eigenvalue weighted by Crippen LogP contribution is -2.26. The number of hydrogen-bond acceptors (Lipinski definition) is 4. The molecule has 3 aromatic rings. The van der Waals surface area contributed by atoms with Crippen LogP contribution in [-0.2, 0) is 6.42 Å². The lowest BCUT2D eigenvalue weighted by Gasteiger charge is -2.18. The van der Waals surface area contributed by atoms with Crippen molar-refractivity contribution in [3.63, 3.8) is 0 Å². The molecule has 2 aliphatic rings. The zero-order valence-electron chi connectivity index (χ0n) is 14.7. The predicted octanol–water partition coefficient (Wildman–Crippen LogP) is 4.60. The van der Waals surface area contributed by atoms with Gasteiger partial charge >= 0.3 is 0 Å². The molecule has 5 rings (SSSR count). The summed E-state index contributed by atoms with van der Waals surface area (Å²) in [5, 5.41) is 3.19. The van der Waals surface area contributed by atoms with Crippen molar-refractivity contribution in [2.45, 2.75) is 18.9 Å². The van der Waals surface area contributed by atoms with Crippen molar-refractivity contribution in [1.29, 1.82) is 0 Å². The molecule has 0 bridgehead atoms. The molecule has 1 amide bonds. The topological polar surface area (TPSA) is 47.6 Å². The van der Waals surface area contributed by atoms with Gasteiger partial charge in [0.1, 0.15) is 13.2 Å². The summed E-state index contributed by atoms with van der Waals surface area (Å²) in [6, 6.07) is 18.3. The van der Waals surface area contributed by atoms with E-state index >= 15 is 0 Å². The summed E-state index contributed by atoms with van der Waals surface area (Å²) >= 11 is 1.50. The molecule has 2 heterocycles. The van der Waals surface area contributed by atoms with E-state index in [-0.39, 0.29) is 11.9 Å². The first kappa shape index (κ1) is 16.4. The van der Waals surface area contributed by atoms with Gasteiger partial charge in [-0.3, -0.25) is 4.79 Å². The van der Waals surface area contributed by atoms with E-state index in [9.17, 15) is 4.79 Å². The predicted molar refractivity (Wildman–Crippen MR) is 106 cm³/mol. The largest absolute Gasteiger partial charge is 0.486 e. The quantitative estimate of drug-likeness (QED) is 0.725. The van der Waals surface area contributed by atoms with Gasteiger partial charge in [0.15, 0.2) is 11.5 Å². The molecule has 5 heteroatoms. The molecular weight excluding hydrogens is 358 g/mol. The van der Waals surface area contributed by atoms with Gasteiger partial charge < -0.3 is 14.8 Å². The highest BCUT2D eigenvalue weighted by Gasteiger charge is 2.24. The maximum absolute atomic E-state index is 12.7. The van der Waals surface area contributed by atoms with Crippen LogP contribution in [-0.4, -0.2) is 19.1 Å². The number of ether oxygens (including phenoxy) is 2. The van der Waals surface area contributed by atoms with Gasteiger partial charge in [0.05, 0.1) is 10.9 Å². The Labute approximate surface area is 161 Å². The minimum Gasteiger partial charge on any atom is -0.486 e. The summed E-state index contributed by atoms with van der Waals surface area (Å²) < 4.78 is 11.2. The van der Waals surface area contributed by atoms with Gasteiger partial charge in [0, 0.05) is 4.88 Å². The van der Waals surface area contributed by atoms with Crippen LogP contribution in [0, 0.1) is 0 Å². The number of hydrogen-bond donors (Lipinski definition) is 1. The van der Waals surface area contributed by atoms with E-state index in [0.717, 1.165) is 39.7 Å². The van der Waals surface area contributed by atoms with Gasteiger partial charge in [-0.15, -0.1) is 11.3 Å². The first-order chi connectivity index (χ1) is 13.3. The number of carbonyl (C=O) groups excluding carboxylic acids is 1. The molecule has 27 heavy (non-hydrogen) atoms. The van der Waals surface area contributed by atoms with Crippen LogP contribution in [0.15, 0.2) is 54.6 Å². The van der Waals surface area contributed by atoms with Gasteiger partial charge in [-0.05, 0) is 59.9 Å². The standard InChI is InChI=1S/C22H19NO3S/c24-22(23-17-7-5-14-3-1-2-4-16(14)17)21-10-9-20(27-21)15-6-8-18-19(13-15)26-12-11-25-18/h1-4,6,8-10,13,17H,5,7,11-12H2,(H,23,24). The van der Waals surface area contributed by atoms with E-state index in [1.54, 1.807) is 0 Å². The Morgan fingerprint density at radius 1 is 1.00 bits per heavy atom. The maximum atomic E-state index is 12.7. The zero-order chi connectivity index (χ0) is 18.2. The summed E-state index contributed by atoms with van der Waals surface area (Å²) in [5.41, 5.74) is 3.62. The molecule has 1 N–H and O–H groups in total. The third-order valence-electron chi connectivity index (χ3n) is 5.09. The lowest BCUT2D eigenvalue weighted by molar-refractivity contribution is 0.0941. The number of fused-ring (bicyclic) bond motifs is 2. The van der Waals surface area contributed by atoms with Crippen LogP contribution >= 0.6 is 11.3 Å². The summed E-state index contributed by atoms with van der Waals surface area (Å²) in [7, 11) is 0. The van der Waals surface area contributed by atoms with Crippen LogP contribution in [0.1, 0.15) is 33.3 Å². The molecule has 1 atom stereocenters. The number of benzene rings is 2. The molecule has 0 saturated carbocycles. The Morgan fingerprint density at radius 3 is 2.78 bits per heavy atom. The Balaban J connectivity index is 1.34. The van der Waals surface area contributed by atoms with E-state index < -0.39 is 0 Å². The molecule has 136 valence electrons. The number of carbonyl (C=O) groups is 1. The number of rotatable bonds is 3. The Bertz CT molecular complexity index is 1010. The maximum Gasteiger partial charge on any atom is 0.261 e. The van der Waals surface area contributed by atoms with Crippen LogP contribution in [0.3, 0.4) is 0 Å². The van der Waals surface area contributed by atoms with Crippen molar-refractivity contribution in [3.05, 3.63) is 70.6 Å². The minimum atomic E-state index is -0.00880. The van der Waals surface area contributed by atoms with Crippen LogP contribution < -0.4 is 14.8 Å². The van der Waals surface area contributed by atoms with E-state index in [0.29, 0.717) is 13.2 Å². The van der Waals surface area contributed by atoms with Gasteiger partial charge in [0.2, 0.25) is 0 Å². The molecule has 2 aromatic carbocycles. The number of thiophene rings is 1. The van der Waals surface area contributed by atoms with E-state index in [1.807, 2.05) is 36.4 Å². The van der Waals surface area contributed by atoms with Crippen molar-refractivity contribution in [2.75, 3.05) is 13.2 Å². The van der Waals surface area contributed by atoms with Crippen molar-refractivity contribution in [2.24, 2.45) is 0 Å². The van der Waals surface area contributed by atoms with Crippen LogP contribution in [0.25, 0.3) is 10.4 Å². The van der Waals surface area contributed by atoms with Crippen LogP contribution in [0.4, 0.5) is 0 Å². The monoisotopic (exact) mass is 377 g/mol. The average Bonchev–Trinajstić information content (AvgIpc) is 3.36. The highest BCUT2D eigenvalue weighted by molar-refractivity contribution is 7.17. The summed E-state index contributed by atoms with van der Waals surface area (Å²) in [5.74, 6) is 1.53. The van der Waals surface area contributed by atoms with E-state index in [2.05, 4.69) is 23.5 Å². The van der Waals surface area contributed by atoms with Gasteiger partial charge in [-0.2, -0.15) is 0 Å². The SMILES string of the molecule is O=C(NC1CCc2ccccc21)c1ccc(-c2ccc3c(c2)OCCO3)s1. The van der Waals surface area contributed by atoms with Gasteiger partial charge in [0.25, 0.3) is 5.91 Å². The second kappa shape index (κ2) is 6.74. The van der Waals surface area contributed by atoms with Gasteiger partial charge in [-0.1, -0.05) is 24.3 Å². The smallest absolute Gasteiger partial charge is 0.261 e. The second-order valence-electron chi connectivity index (χ2n) is 6.79. The van der Waals surface area contributed by atoms with Crippen molar-refractivity contribution in [3.8, 4) is 21.9 Å². The average molecular weight is 377 g/mol. The van der Waals surface area contributed by atoms with E-state index in [1.165, 1.54) is 22.5 Å². The van der Waals surface area contributed by atoms with Crippen molar-refractivity contribution in [1.82, 2.24) is 5.32 Å². The number of amides is 1. The molecule has 4 nitrogen and oxygen atoms in total. The molecule has 0 radical (unpaired) electrons. The highest BCUT2D eigenvalue weighted by Crippen LogP contribution is 2.37. The first-order valence-corrected chi connectivity index (χ1v) is 9.98. The van der Waals surface area contributed by atoms with Gasteiger partial charge in [-0.25, -0.2) is 0 Å². The summed E-state index contributed by atoms with van der Waals surface area (Å²) in [6.45, 7) is 1.15. The van der Waals surface area contributed by atoms with Crippen molar-refractivity contribution < 1.29 is 14.3 Å². The number of aryl methyl sites for hydroxylation is 1. The fourth-order valence-electron chi connectivity index (χ4n) is 3.75. The zero-order valence-corrected chi connectivity index (χ0v) is 15.6. The molecule has 1 unspecified atom stereocenters. The Morgan fingerprint density at radius 2 is 1.85 bits per heavy atom. The molecule has 0 spiro atoms. The third-order valence-corrected chi connectivity index (χ3v) is 6.23. The molecule has 0 saturated heterocycles. The molecule has 1 aliphatic carbocycles. The fraction of sp³-hybridized carbons (Fsp3) is 0.227.